The topological polar surface area (TPSA) is 38.0 Å². The van der Waals surface area contributed by atoms with Crippen LogP contribution in [0.15, 0.2) is 12.3 Å². The van der Waals surface area contributed by atoms with Gasteiger partial charge in [0.1, 0.15) is 0 Å². The predicted octanol–water partition coefficient (Wildman–Crippen LogP) is 1.71. The molecule has 3 heteroatoms. The summed E-state index contributed by atoms with van der Waals surface area (Å²) in [4.78, 5) is 0.443. The third-order valence-corrected chi connectivity index (χ3v) is 2.32. The lowest BCUT2D eigenvalue weighted by molar-refractivity contribution is 0.404. The highest BCUT2D eigenvalue weighted by molar-refractivity contribution is 7.80. The lowest BCUT2D eigenvalue weighted by Crippen LogP contribution is -2.26. The molecule has 0 aromatic rings. The van der Waals surface area contributed by atoms with E-state index in [1.807, 2.05) is 6.20 Å². The Morgan fingerprint density at radius 3 is 2.58 bits per heavy atom. The van der Waals surface area contributed by atoms with Crippen molar-refractivity contribution >= 4 is 17.2 Å². The van der Waals surface area contributed by atoms with Gasteiger partial charge in [-0.3, -0.25) is 0 Å². The summed E-state index contributed by atoms with van der Waals surface area (Å²) in [7, 11) is 0. The van der Waals surface area contributed by atoms with Crippen LogP contribution in [0.1, 0.15) is 32.1 Å². The summed E-state index contributed by atoms with van der Waals surface area (Å²) in [6.07, 6.45) is 10.2. The van der Waals surface area contributed by atoms with Gasteiger partial charge in [-0.25, -0.2) is 0 Å². The van der Waals surface area contributed by atoms with Crippen molar-refractivity contribution in [3.8, 4) is 0 Å². The van der Waals surface area contributed by atoms with Gasteiger partial charge >= 0.3 is 0 Å². The second-order valence-electron chi connectivity index (χ2n) is 3.24. The molecule has 1 saturated carbocycles. The van der Waals surface area contributed by atoms with E-state index in [-0.39, 0.29) is 0 Å². The smallest absolute Gasteiger partial charge is 0.0976 e. The maximum atomic E-state index is 5.31. The molecule has 0 aromatic heterocycles. The van der Waals surface area contributed by atoms with E-state index < -0.39 is 0 Å². The average molecular weight is 184 g/mol. The molecule has 68 valence electrons. The van der Waals surface area contributed by atoms with Gasteiger partial charge in [-0.1, -0.05) is 31.5 Å². The molecule has 0 atom stereocenters. The fourth-order valence-corrected chi connectivity index (χ4v) is 1.60. The lowest BCUT2D eigenvalue weighted by atomic mass is 9.96. The molecule has 1 aliphatic carbocycles. The van der Waals surface area contributed by atoms with Gasteiger partial charge in [0.05, 0.1) is 4.99 Å². The van der Waals surface area contributed by atoms with E-state index in [4.69, 9.17) is 18.0 Å². The van der Waals surface area contributed by atoms with Crippen molar-refractivity contribution in [3.63, 3.8) is 0 Å². The number of thiocarbonyl (C=S) groups is 1. The molecule has 0 bridgehead atoms. The monoisotopic (exact) mass is 184 g/mol. The molecule has 3 N–H and O–H groups in total. The summed E-state index contributed by atoms with van der Waals surface area (Å²) >= 11 is 4.71. The van der Waals surface area contributed by atoms with Gasteiger partial charge in [0.15, 0.2) is 0 Å². The van der Waals surface area contributed by atoms with E-state index in [1.165, 1.54) is 32.1 Å². The van der Waals surface area contributed by atoms with Crippen LogP contribution < -0.4 is 11.1 Å². The van der Waals surface area contributed by atoms with E-state index >= 15 is 0 Å². The van der Waals surface area contributed by atoms with Gasteiger partial charge in [0, 0.05) is 6.04 Å². The molecule has 1 rings (SSSR count). The summed E-state index contributed by atoms with van der Waals surface area (Å²) < 4.78 is 0. The molecule has 0 spiro atoms. The first-order chi connectivity index (χ1) is 5.79. The molecule has 2 nitrogen and oxygen atoms in total. The van der Waals surface area contributed by atoms with Crippen LogP contribution >= 0.6 is 12.2 Å². The van der Waals surface area contributed by atoms with Crippen LogP contribution in [-0.2, 0) is 0 Å². The maximum Gasteiger partial charge on any atom is 0.0976 e. The number of rotatable bonds is 3. The van der Waals surface area contributed by atoms with Crippen LogP contribution in [-0.4, -0.2) is 11.0 Å². The summed E-state index contributed by atoms with van der Waals surface area (Å²) in [6.45, 7) is 0. The molecule has 0 aromatic carbocycles. The Hall–Kier alpha value is -0.570. The minimum atomic E-state index is 0.443. The number of hydrogen-bond acceptors (Lipinski definition) is 2. The normalized spacial score (nSPS) is 19.7. The van der Waals surface area contributed by atoms with Gasteiger partial charge in [0.25, 0.3) is 0 Å². The standard InChI is InChI=1S/C9H16N2S/c10-9(12)6-7-11-8-4-2-1-3-5-8/h6-8,11H,1-5H2,(H2,10,12)/b7-6+. The molecule has 0 saturated heterocycles. The van der Waals surface area contributed by atoms with Crippen LogP contribution in [0.3, 0.4) is 0 Å². The van der Waals surface area contributed by atoms with Gasteiger partial charge in [-0.05, 0) is 25.1 Å². The minimum Gasteiger partial charge on any atom is -0.390 e. The second kappa shape index (κ2) is 5.14. The second-order valence-corrected chi connectivity index (χ2v) is 3.71. The van der Waals surface area contributed by atoms with Crippen molar-refractivity contribution in [2.24, 2.45) is 5.73 Å². The van der Waals surface area contributed by atoms with Crippen LogP contribution in [0.5, 0.6) is 0 Å². The van der Waals surface area contributed by atoms with Crippen molar-refractivity contribution < 1.29 is 0 Å². The first-order valence-electron chi connectivity index (χ1n) is 4.51. The molecular formula is C9H16N2S. The Kier molecular flexibility index (Phi) is 4.08. The SMILES string of the molecule is NC(=S)/C=C/NC1CCCCC1. The first kappa shape index (κ1) is 9.52. The first-order valence-corrected chi connectivity index (χ1v) is 4.92. The Morgan fingerprint density at radius 2 is 2.00 bits per heavy atom. The molecule has 0 radical (unpaired) electrons. The highest BCUT2D eigenvalue weighted by Gasteiger charge is 2.10. The van der Waals surface area contributed by atoms with Crippen LogP contribution in [0.4, 0.5) is 0 Å². The summed E-state index contributed by atoms with van der Waals surface area (Å²) in [5.74, 6) is 0. The number of hydrogen-bond donors (Lipinski definition) is 2. The van der Waals surface area contributed by atoms with Gasteiger partial charge in [0.2, 0.25) is 0 Å². The van der Waals surface area contributed by atoms with Crippen molar-refractivity contribution in [3.05, 3.63) is 12.3 Å². The third kappa shape index (κ3) is 3.72. The molecule has 1 fully saturated rings. The van der Waals surface area contributed by atoms with E-state index in [9.17, 15) is 0 Å². The van der Waals surface area contributed by atoms with E-state index in [0.29, 0.717) is 11.0 Å². The molecule has 0 heterocycles. The molecule has 1 aliphatic rings. The van der Waals surface area contributed by atoms with Crippen LogP contribution in [0.2, 0.25) is 0 Å². The molecule has 12 heavy (non-hydrogen) atoms. The molecule has 0 amide bonds. The van der Waals surface area contributed by atoms with Crippen LogP contribution in [0, 0.1) is 0 Å². The van der Waals surface area contributed by atoms with Gasteiger partial charge < -0.3 is 11.1 Å². The maximum absolute atomic E-state index is 5.31. The minimum absolute atomic E-state index is 0.443. The highest BCUT2D eigenvalue weighted by Crippen LogP contribution is 2.16. The Labute approximate surface area is 79.2 Å². The van der Waals surface area contributed by atoms with Crippen molar-refractivity contribution in [1.82, 2.24) is 5.32 Å². The highest BCUT2D eigenvalue weighted by atomic mass is 32.1. The zero-order chi connectivity index (χ0) is 8.81. The fraction of sp³-hybridized carbons (Fsp3) is 0.667. The predicted molar refractivity (Wildman–Crippen MR) is 55.9 cm³/mol. The summed E-state index contributed by atoms with van der Waals surface area (Å²) in [5.41, 5.74) is 5.31. The van der Waals surface area contributed by atoms with Crippen molar-refractivity contribution in [1.29, 1.82) is 0 Å². The average Bonchev–Trinajstić information content (AvgIpc) is 2.05. The van der Waals surface area contributed by atoms with Crippen molar-refractivity contribution in [2.75, 3.05) is 0 Å². The lowest BCUT2D eigenvalue weighted by Gasteiger charge is -2.21. The quantitative estimate of drug-likeness (QED) is 0.518. The van der Waals surface area contributed by atoms with E-state index in [1.54, 1.807) is 6.08 Å². The number of nitrogens with two attached hydrogens (primary N) is 1. The Balaban J connectivity index is 2.17. The van der Waals surface area contributed by atoms with Gasteiger partial charge in [-0.2, -0.15) is 0 Å². The Morgan fingerprint density at radius 1 is 1.33 bits per heavy atom. The summed E-state index contributed by atoms with van der Waals surface area (Å²) in [6, 6.07) is 0.643. The molecular weight excluding hydrogens is 168 g/mol. The van der Waals surface area contributed by atoms with Crippen molar-refractivity contribution in [2.45, 2.75) is 38.1 Å². The fourth-order valence-electron chi connectivity index (χ4n) is 1.54. The van der Waals surface area contributed by atoms with Gasteiger partial charge in [-0.15, -0.1) is 0 Å². The molecule has 0 aliphatic heterocycles. The third-order valence-electron chi connectivity index (χ3n) is 2.18. The van der Waals surface area contributed by atoms with E-state index in [2.05, 4.69) is 5.32 Å². The summed E-state index contributed by atoms with van der Waals surface area (Å²) in [5, 5.41) is 3.30. The van der Waals surface area contributed by atoms with Crippen LogP contribution in [0.25, 0.3) is 0 Å². The zero-order valence-corrected chi connectivity index (χ0v) is 8.07. The zero-order valence-electron chi connectivity index (χ0n) is 7.25. The molecule has 0 unspecified atom stereocenters. The largest absolute Gasteiger partial charge is 0.390 e. The Bertz CT molecular complexity index is 171. The van der Waals surface area contributed by atoms with E-state index in [0.717, 1.165) is 0 Å². The number of nitrogens with one attached hydrogen (secondary N) is 1.